The zero-order valence-corrected chi connectivity index (χ0v) is 17.6. The van der Waals surface area contributed by atoms with Gasteiger partial charge in [0.1, 0.15) is 10.8 Å². The minimum Gasteiger partial charge on any atom is -0.493 e. The molecule has 0 saturated heterocycles. The first-order valence-corrected chi connectivity index (χ1v) is 11.6. The molecule has 3 rings (SSSR count). The highest BCUT2D eigenvalue weighted by Gasteiger charge is 2.15. The summed E-state index contributed by atoms with van der Waals surface area (Å²) in [5, 5.41) is 5.69. The minimum absolute atomic E-state index is 0.261. The maximum absolute atomic E-state index is 12.8. The first kappa shape index (κ1) is 20.8. The predicted octanol–water partition coefficient (Wildman–Crippen LogP) is 3.51. The zero-order chi connectivity index (χ0) is 20.9. The van der Waals surface area contributed by atoms with Gasteiger partial charge in [-0.3, -0.25) is 9.52 Å². The number of carbonyl (C=O) groups excluding carboxylic acids is 1. The van der Waals surface area contributed by atoms with Gasteiger partial charge in [0, 0.05) is 29.4 Å². The van der Waals surface area contributed by atoms with Gasteiger partial charge in [0.15, 0.2) is 0 Å². The van der Waals surface area contributed by atoms with Gasteiger partial charge in [0.2, 0.25) is 10.0 Å². The third-order valence-corrected chi connectivity index (χ3v) is 5.32. The quantitative estimate of drug-likeness (QED) is 0.569. The van der Waals surface area contributed by atoms with E-state index in [1.54, 1.807) is 29.7 Å². The summed E-state index contributed by atoms with van der Waals surface area (Å²) < 4.78 is 30.9. The molecule has 1 amide bonds. The van der Waals surface area contributed by atoms with Crippen LogP contribution in [0.2, 0.25) is 0 Å². The van der Waals surface area contributed by atoms with Crippen LogP contribution in [0, 0.1) is 0 Å². The normalized spacial score (nSPS) is 11.1. The molecule has 0 spiro atoms. The molecule has 1 aromatic heterocycles. The van der Waals surface area contributed by atoms with Crippen molar-refractivity contribution in [1.29, 1.82) is 0 Å². The summed E-state index contributed by atoms with van der Waals surface area (Å²) in [5.74, 6) is 0.0332. The second-order valence-corrected chi connectivity index (χ2v) is 8.88. The van der Waals surface area contributed by atoms with Crippen molar-refractivity contribution in [3.63, 3.8) is 0 Å². The van der Waals surface area contributed by atoms with E-state index in [0.717, 1.165) is 22.4 Å². The number of hydrogen-bond donors (Lipinski definition) is 2. The van der Waals surface area contributed by atoms with E-state index in [4.69, 9.17) is 4.74 Å². The van der Waals surface area contributed by atoms with Gasteiger partial charge in [-0.1, -0.05) is 18.2 Å². The summed E-state index contributed by atoms with van der Waals surface area (Å²) in [6.07, 6.45) is 2.81. The Morgan fingerprint density at radius 2 is 2.03 bits per heavy atom. The summed E-state index contributed by atoms with van der Waals surface area (Å²) in [7, 11) is -3.45. The van der Waals surface area contributed by atoms with Crippen molar-refractivity contribution in [2.75, 3.05) is 17.6 Å². The molecule has 2 aromatic carbocycles. The van der Waals surface area contributed by atoms with Gasteiger partial charge in [0.05, 0.1) is 18.4 Å². The van der Waals surface area contributed by atoms with Gasteiger partial charge in [-0.15, -0.1) is 11.3 Å². The summed E-state index contributed by atoms with van der Waals surface area (Å²) in [6.45, 7) is 2.51. The lowest BCUT2D eigenvalue weighted by atomic mass is 10.1. The van der Waals surface area contributed by atoms with E-state index >= 15 is 0 Å². The number of ether oxygens (including phenoxy) is 1. The minimum atomic E-state index is -3.45. The lowest BCUT2D eigenvalue weighted by molar-refractivity contribution is 0.0947. The highest BCUT2D eigenvalue weighted by atomic mass is 32.2. The van der Waals surface area contributed by atoms with Crippen LogP contribution in [0.25, 0.3) is 10.6 Å². The van der Waals surface area contributed by atoms with Crippen LogP contribution in [0.4, 0.5) is 5.69 Å². The van der Waals surface area contributed by atoms with Gasteiger partial charge in [0.25, 0.3) is 5.91 Å². The molecule has 0 atom stereocenters. The number of nitrogens with one attached hydrogen (secondary N) is 2. The number of anilines is 1. The van der Waals surface area contributed by atoms with E-state index < -0.39 is 10.0 Å². The standard InChI is InChI=1S/C20H21N3O4S2/c1-3-27-18-8-7-16(23-29(2,25)26)12-17(18)19(24)22-13-14-5-4-6-15(11-14)20-21-9-10-28-20/h4-12,23H,3,13H2,1-2H3,(H,22,24). The van der Waals surface area contributed by atoms with Gasteiger partial charge in [-0.25, -0.2) is 13.4 Å². The molecule has 0 radical (unpaired) electrons. The van der Waals surface area contributed by atoms with E-state index in [0.29, 0.717) is 24.6 Å². The Kier molecular flexibility index (Phi) is 6.50. The molecule has 0 aliphatic heterocycles. The Balaban J connectivity index is 1.77. The van der Waals surface area contributed by atoms with Crippen molar-refractivity contribution < 1.29 is 17.9 Å². The number of aromatic nitrogens is 1. The maximum Gasteiger partial charge on any atom is 0.255 e. The van der Waals surface area contributed by atoms with Crippen LogP contribution >= 0.6 is 11.3 Å². The van der Waals surface area contributed by atoms with Gasteiger partial charge < -0.3 is 10.1 Å². The SMILES string of the molecule is CCOc1ccc(NS(C)(=O)=O)cc1C(=O)NCc1cccc(-c2nccs2)c1. The topological polar surface area (TPSA) is 97.4 Å². The average molecular weight is 432 g/mol. The monoisotopic (exact) mass is 431 g/mol. The highest BCUT2D eigenvalue weighted by Crippen LogP contribution is 2.25. The van der Waals surface area contributed by atoms with Gasteiger partial charge in [-0.05, 0) is 36.8 Å². The second-order valence-electron chi connectivity index (χ2n) is 6.24. The number of thiazole rings is 1. The van der Waals surface area contributed by atoms with E-state index in [9.17, 15) is 13.2 Å². The molecule has 0 unspecified atom stereocenters. The van der Waals surface area contributed by atoms with Crippen molar-refractivity contribution in [2.24, 2.45) is 0 Å². The molecule has 7 nitrogen and oxygen atoms in total. The number of benzene rings is 2. The first-order valence-electron chi connectivity index (χ1n) is 8.87. The lowest BCUT2D eigenvalue weighted by Crippen LogP contribution is -2.24. The second kappa shape index (κ2) is 9.06. The third kappa shape index (κ3) is 5.78. The number of nitrogens with zero attached hydrogens (tertiary/aromatic N) is 1. The van der Waals surface area contributed by atoms with Crippen molar-refractivity contribution in [1.82, 2.24) is 10.3 Å². The van der Waals surface area contributed by atoms with E-state index in [2.05, 4.69) is 15.0 Å². The number of rotatable bonds is 8. The molecule has 0 saturated carbocycles. The summed E-state index contributed by atoms with van der Waals surface area (Å²) in [5.41, 5.74) is 2.47. The van der Waals surface area contributed by atoms with Crippen LogP contribution in [0.15, 0.2) is 54.0 Å². The maximum atomic E-state index is 12.8. The van der Waals surface area contributed by atoms with Crippen molar-refractivity contribution >= 4 is 33.0 Å². The molecule has 3 aromatic rings. The van der Waals surface area contributed by atoms with E-state index in [-0.39, 0.29) is 11.5 Å². The fraction of sp³-hybridized carbons (Fsp3) is 0.200. The largest absolute Gasteiger partial charge is 0.493 e. The molecular weight excluding hydrogens is 410 g/mol. The van der Waals surface area contributed by atoms with Crippen LogP contribution in [0.5, 0.6) is 5.75 Å². The smallest absolute Gasteiger partial charge is 0.255 e. The third-order valence-electron chi connectivity index (χ3n) is 3.89. The molecule has 152 valence electrons. The average Bonchev–Trinajstić information content (AvgIpc) is 3.21. The Morgan fingerprint density at radius 1 is 1.21 bits per heavy atom. The zero-order valence-electron chi connectivity index (χ0n) is 16.0. The molecule has 0 aliphatic rings. The van der Waals surface area contributed by atoms with Crippen LogP contribution in [0.3, 0.4) is 0 Å². The number of carbonyl (C=O) groups is 1. The molecule has 1 heterocycles. The van der Waals surface area contributed by atoms with Crippen molar-refractivity contribution in [3.8, 4) is 16.3 Å². The molecule has 2 N–H and O–H groups in total. The Hall–Kier alpha value is -2.91. The van der Waals surface area contributed by atoms with Crippen LogP contribution in [-0.2, 0) is 16.6 Å². The Bertz CT molecular complexity index is 1100. The van der Waals surface area contributed by atoms with Crippen LogP contribution in [0.1, 0.15) is 22.8 Å². The molecule has 29 heavy (non-hydrogen) atoms. The molecule has 0 fully saturated rings. The summed E-state index contributed by atoms with van der Waals surface area (Å²) >= 11 is 1.55. The lowest BCUT2D eigenvalue weighted by Gasteiger charge is -2.13. The predicted molar refractivity (Wildman–Crippen MR) is 115 cm³/mol. The first-order chi connectivity index (χ1) is 13.9. The van der Waals surface area contributed by atoms with Gasteiger partial charge in [-0.2, -0.15) is 0 Å². The Morgan fingerprint density at radius 3 is 2.72 bits per heavy atom. The van der Waals surface area contributed by atoms with Crippen molar-refractivity contribution in [2.45, 2.75) is 13.5 Å². The molecule has 9 heteroatoms. The Labute approximate surface area is 173 Å². The number of amides is 1. The molecule has 0 bridgehead atoms. The number of hydrogen-bond acceptors (Lipinski definition) is 6. The van der Waals surface area contributed by atoms with Crippen molar-refractivity contribution in [3.05, 3.63) is 65.2 Å². The fourth-order valence-electron chi connectivity index (χ4n) is 2.72. The van der Waals surface area contributed by atoms with E-state index in [1.807, 2.05) is 36.6 Å². The van der Waals surface area contributed by atoms with Gasteiger partial charge >= 0.3 is 0 Å². The fourth-order valence-corrected chi connectivity index (χ4v) is 3.91. The van der Waals surface area contributed by atoms with E-state index in [1.165, 1.54) is 6.07 Å². The van der Waals surface area contributed by atoms with Crippen LogP contribution < -0.4 is 14.8 Å². The van der Waals surface area contributed by atoms with Crippen LogP contribution in [-0.4, -0.2) is 32.2 Å². The summed E-state index contributed by atoms with van der Waals surface area (Å²) in [6, 6.07) is 12.4. The molecular formula is C20H21N3O4S2. The highest BCUT2D eigenvalue weighted by molar-refractivity contribution is 7.92. The number of sulfonamides is 1. The summed E-state index contributed by atoms with van der Waals surface area (Å²) in [4.78, 5) is 17.1. The molecule has 0 aliphatic carbocycles.